The molecule has 1 amide bonds. The van der Waals surface area contributed by atoms with Crippen molar-refractivity contribution in [3.8, 4) is 11.3 Å². The molecule has 2 N–H and O–H groups in total. The second-order valence-corrected chi connectivity index (χ2v) is 6.38. The third-order valence-corrected chi connectivity index (χ3v) is 4.61. The number of benzene rings is 1. The van der Waals surface area contributed by atoms with Crippen molar-refractivity contribution in [2.24, 2.45) is 0 Å². The van der Waals surface area contributed by atoms with Crippen LogP contribution in [0, 0.1) is 0 Å². The molecule has 0 spiro atoms. The van der Waals surface area contributed by atoms with Gasteiger partial charge in [-0.1, -0.05) is 40.7 Å². The molecule has 0 atom stereocenters. The number of amides is 1. The molecular weight excluding hydrogens is 334 g/mol. The van der Waals surface area contributed by atoms with Crippen LogP contribution in [-0.4, -0.2) is 43.8 Å². The molecule has 3 aromatic rings. The molecule has 0 radical (unpaired) electrons. The van der Waals surface area contributed by atoms with Crippen molar-refractivity contribution in [2.75, 3.05) is 6.61 Å². The Morgan fingerprint density at radius 3 is 2.88 bits per heavy atom. The lowest BCUT2D eigenvalue weighted by Crippen LogP contribution is -2.45. The maximum atomic E-state index is 12.4. The molecule has 1 aliphatic carbocycles. The van der Waals surface area contributed by atoms with Crippen molar-refractivity contribution in [3.05, 3.63) is 54.0 Å². The van der Waals surface area contributed by atoms with Gasteiger partial charge >= 0.3 is 0 Å². The quantitative estimate of drug-likeness (QED) is 0.697. The molecule has 0 unspecified atom stereocenters. The van der Waals surface area contributed by atoms with Crippen LogP contribution in [0.4, 0.5) is 0 Å². The van der Waals surface area contributed by atoms with Crippen molar-refractivity contribution >= 4 is 5.91 Å². The number of aliphatic hydroxyl groups excluding tert-OH is 1. The summed E-state index contributed by atoms with van der Waals surface area (Å²) in [5, 5.41) is 23.9. The fraction of sp³-hybridized carbons (Fsp3) is 0.333. The monoisotopic (exact) mass is 353 g/mol. The minimum atomic E-state index is -0.242. The number of hydrogen-bond acceptors (Lipinski definition) is 6. The molecule has 1 aromatic carbocycles. The number of rotatable bonds is 6. The molecule has 1 saturated carbocycles. The molecule has 8 heteroatoms. The number of nitrogens with zero attached hydrogens (tertiary/aromatic N) is 4. The van der Waals surface area contributed by atoms with Gasteiger partial charge in [-0.05, 0) is 12.8 Å². The van der Waals surface area contributed by atoms with E-state index in [4.69, 9.17) is 9.63 Å². The number of aliphatic hydroxyl groups is 1. The van der Waals surface area contributed by atoms with Gasteiger partial charge in [0.05, 0.1) is 17.9 Å². The zero-order valence-corrected chi connectivity index (χ0v) is 14.1. The lowest BCUT2D eigenvalue weighted by molar-refractivity contribution is 0.0877. The number of hydrogen-bond donors (Lipinski definition) is 2. The zero-order chi connectivity index (χ0) is 17.9. The van der Waals surface area contributed by atoms with Gasteiger partial charge < -0.3 is 14.9 Å². The second-order valence-electron chi connectivity index (χ2n) is 6.38. The Hall–Kier alpha value is -3.00. The fourth-order valence-electron chi connectivity index (χ4n) is 3.15. The first-order valence-electron chi connectivity index (χ1n) is 8.57. The molecule has 2 heterocycles. The van der Waals surface area contributed by atoms with E-state index in [1.54, 1.807) is 12.3 Å². The Morgan fingerprint density at radius 2 is 2.12 bits per heavy atom. The summed E-state index contributed by atoms with van der Waals surface area (Å²) in [5.74, 6) is 0.326. The van der Waals surface area contributed by atoms with E-state index in [0.717, 1.165) is 24.1 Å². The number of aromatic nitrogens is 4. The van der Waals surface area contributed by atoms with Crippen LogP contribution >= 0.6 is 0 Å². The molecule has 4 rings (SSSR count). The third-order valence-electron chi connectivity index (χ3n) is 4.61. The first-order chi connectivity index (χ1) is 12.7. The van der Waals surface area contributed by atoms with E-state index >= 15 is 0 Å². The van der Waals surface area contributed by atoms with Crippen LogP contribution in [0.5, 0.6) is 0 Å². The Kier molecular flexibility index (Phi) is 4.49. The highest BCUT2D eigenvalue weighted by atomic mass is 16.5. The number of carbonyl (C=O) groups excluding carboxylic acids is 1. The van der Waals surface area contributed by atoms with Crippen LogP contribution in [0.15, 0.2) is 47.1 Å². The minimum Gasteiger partial charge on any atom is -0.396 e. The Balaban J connectivity index is 1.34. The summed E-state index contributed by atoms with van der Waals surface area (Å²) in [7, 11) is 0. The molecule has 1 fully saturated rings. The molecule has 2 aromatic heterocycles. The van der Waals surface area contributed by atoms with Gasteiger partial charge in [-0.2, -0.15) is 0 Å². The summed E-state index contributed by atoms with van der Waals surface area (Å²) in [4.78, 5) is 12.4. The van der Waals surface area contributed by atoms with Crippen molar-refractivity contribution in [3.63, 3.8) is 0 Å². The Labute approximate surface area is 149 Å². The van der Waals surface area contributed by atoms with Gasteiger partial charge in [0.25, 0.3) is 5.91 Å². The second kappa shape index (κ2) is 7.09. The average molecular weight is 353 g/mol. The summed E-state index contributed by atoms with van der Waals surface area (Å²) in [6.45, 7) is 0.0656. The predicted molar refractivity (Wildman–Crippen MR) is 92.3 cm³/mol. The Bertz CT molecular complexity index is 883. The van der Waals surface area contributed by atoms with Crippen LogP contribution in [0.1, 0.15) is 35.1 Å². The predicted octanol–water partition coefficient (Wildman–Crippen LogP) is 1.60. The molecule has 134 valence electrons. The maximum Gasteiger partial charge on any atom is 0.273 e. The maximum absolute atomic E-state index is 12.4. The molecule has 0 saturated heterocycles. The zero-order valence-electron chi connectivity index (χ0n) is 14.1. The van der Waals surface area contributed by atoms with Crippen LogP contribution in [0.2, 0.25) is 0 Å². The van der Waals surface area contributed by atoms with Crippen molar-refractivity contribution in [1.29, 1.82) is 0 Å². The van der Waals surface area contributed by atoms with Gasteiger partial charge in [-0.3, -0.25) is 4.79 Å². The highest BCUT2D eigenvalue weighted by molar-refractivity contribution is 5.93. The first-order valence-corrected chi connectivity index (χ1v) is 8.57. The van der Waals surface area contributed by atoms with E-state index in [1.807, 2.05) is 35.0 Å². The average Bonchev–Trinajstić information content (AvgIpc) is 3.28. The van der Waals surface area contributed by atoms with Gasteiger partial charge in [0.1, 0.15) is 0 Å². The van der Waals surface area contributed by atoms with E-state index in [2.05, 4.69) is 20.8 Å². The van der Waals surface area contributed by atoms with E-state index in [1.165, 1.54) is 0 Å². The van der Waals surface area contributed by atoms with E-state index in [-0.39, 0.29) is 30.3 Å². The highest BCUT2D eigenvalue weighted by Gasteiger charge is 2.34. The third kappa shape index (κ3) is 3.23. The van der Waals surface area contributed by atoms with Crippen LogP contribution in [0.3, 0.4) is 0 Å². The molecular formula is C18H19N5O3. The van der Waals surface area contributed by atoms with Crippen molar-refractivity contribution < 1.29 is 14.4 Å². The summed E-state index contributed by atoms with van der Waals surface area (Å²) in [6, 6.07) is 11.4. The largest absolute Gasteiger partial charge is 0.396 e. The van der Waals surface area contributed by atoms with E-state index in [9.17, 15) is 4.79 Å². The Morgan fingerprint density at radius 1 is 1.31 bits per heavy atom. The summed E-state index contributed by atoms with van der Waals surface area (Å²) in [5.41, 5.74) is 2.06. The summed E-state index contributed by atoms with van der Waals surface area (Å²) in [6.07, 6.45) is 3.75. The van der Waals surface area contributed by atoms with Crippen molar-refractivity contribution in [1.82, 2.24) is 25.5 Å². The van der Waals surface area contributed by atoms with E-state index < -0.39 is 0 Å². The van der Waals surface area contributed by atoms with Crippen molar-refractivity contribution in [2.45, 2.75) is 31.3 Å². The first kappa shape index (κ1) is 16.5. The highest BCUT2D eigenvalue weighted by Crippen LogP contribution is 2.32. The summed E-state index contributed by atoms with van der Waals surface area (Å²) < 4.78 is 7.11. The smallest absolute Gasteiger partial charge is 0.273 e. The molecule has 1 aliphatic rings. The topological polar surface area (TPSA) is 106 Å². The van der Waals surface area contributed by atoms with Gasteiger partial charge in [-0.25, -0.2) is 4.68 Å². The van der Waals surface area contributed by atoms with Gasteiger partial charge in [0.15, 0.2) is 11.5 Å². The number of carbonyl (C=O) groups is 1. The fourth-order valence-corrected chi connectivity index (χ4v) is 3.15. The minimum absolute atomic E-state index is 0.0653. The SMILES string of the molecule is O=C(N[C@H]1C[C@H](n2nncc2CCO)C1)c1cc(-c2ccccc2)on1. The van der Waals surface area contributed by atoms with Crippen LogP contribution in [0.25, 0.3) is 11.3 Å². The van der Waals surface area contributed by atoms with Crippen LogP contribution < -0.4 is 5.32 Å². The van der Waals surface area contributed by atoms with Gasteiger partial charge in [0.2, 0.25) is 0 Å². The normalized spacial score (nSPS) is 19.1. The van der Waals surface area contributed by atoms with Gasteiger partial charge in [0, 0.05) is 30.7 Å². The molecule has 8 nitrogen and oxygen atoms in total. The molecule has 0 bridgehead atoms. The molecule has 0 aliphatic heterocycles. The molecule has 26 heavy (non-hydrogen) atoms. The lowest BCUT2D eigenvalue weighted by Gasteiger charge is -2.36. The van der Waals surface area contributed by atoms with Gasteiger partial charge in [-0.15, -0.1) is 5.10 Å². The van der Waals surface area contributed by atoms with E-state index in [0.29, 0.717) is 12.2 Å². The van der Waals surface area contributed by atoms with Crippen LogP contribution in [-0.2, 0) is 6.42 Å². The lowest BCUT2D eigenvalue weighted by atomic mass is 9.86. The summed E-state index contributed by atoms with van der Waals surface area (Å²) >= 11 is 0. The number of nitrogens with one attached hydrogen (secondary N) is 1. The standard InChI is InChI=1S/C18H19N5O3/c24-7-6-14-11-19-22-23(14)15-8-13(9-15)20-18(25)16-10-17(26-21-16)12-4-2-1-3-5-12/h1-5,10-11,13,15,24H,6-9H2,(H,20,25)/t13-,15-.